The van der Waals surface area contributed by atoms with E-state index >= 15 is 0 Å². The lowest BCUT2D eigenvalue weighted by molar-refractivity contribution is -0.128. The summed E-state index contributed by atoms with van der Waals surface area (Å²) in [6.45, 7) is 1.93. The molecule has 0 aliphatic rings. The number of aromatic nitrogens is 1. The summed E-state index contributed by atoms with van der Waals surface area (Å²) in [7, 11) is 0. The highest BCUT2D eigenvalue weighted by atomic mass is 32.1. The molecule has 7 heteroatoms. The van der Waals surface area contributed by atoms with Gasteiger partial charge in [0, 0.05) is 10.9 Å². The predicted octanol–water partition coefficient (Wildman–Crippen LogP) is 3.19. The van der Waals surface area contributed by atoms with Crippen molar-refractivity contribution in [3.63, 3.8) is 0 Å². The van der Waals surface area contributed by atoms with E-state index in [1.165, 1.54) is 23.5 Å². The molecular formula is C20H18FN3O2S. The second kappa shape index (κ2) is 8.55. The van der Waals surface area contributed by atoms with E-state index in [2.05, 4.69) is 15.8 Å². The number of thiazole rings is 1. The fraction of sp³-hybridized carbons (Fsp3) is 0.150. The van der Waals surface area contributed by atoms with Crippen molar-refractivity contribution >= 4 is 23.2 Å². The van der Waals surface area contributed by atoms with Crippen molar-refractivity contribution in [1.82, 2.24) is 15.8 Å². The third kappa shape index (κ3) is 5.21. The molecule has 3 rings (SSSR count). The van der Waals surface area contributed by atoms with Crippen molar-refractivity contribution in [2.24, 2.45) is 0 Å². The van der Waals surface area contributed by atoms with Gasteiger partial charge in [-0.05, 0) is 42.3 Å². The molecule has 0 atom stereocenters. The number of nitrogens with zero attached hydrogens (tertiary/aromatic N) is 1. The van der Waals surface area contributed by atoms with Crippen molar-refractivity contribution in [2.45, 2.75) is 19.8 Å². The molecule has 3 aromatic rings. The topological polar surface area (TPSA) is 71.1 Å². The van der Waals surface area contributed by atoms with E-state index in [0.717, 1.165) is 16.7 Å². The summed E-state index contributed by atoms with van der Waals surface area (Å²) in [5.41, 5.74) is 8.13. The molecule has 0 radical (unpaired) electrons. The van der Waals surface area contributed by atoms with Crippen LogP contribution in [0.15, 0.2) is 53.9 Å². The lowest BCUT2D eigenvalue weighted by Crippen LogP contribution is -2.43. The minimum atomic E-state index is -0.357. The number of amides is 2. The van der Waals surface area contributed by atoms with Crippen molar-refractivity contribution in [3.05, 3.63) is 76.5 Å². The van der Waals surface area contributed by atoms with Gasteiger partial charge in [0.25, 0.3) is 0 Å². The van der Waals surface area contributed by atoms with E-state index < -0.39 is 0 Å². The Hall–Kier alpha value is -3.06. The average Bonchev–Trinajstić information content (AvgIpc) is 3.11. The van der Waals surface area contributed by atoms with E-state index in [1.807, 2.05) is 31.2 Å². The monoisotopic (exact) mass is 383 g/mol. The highest BCUT2D eigenvalue weighted by Crippen LogP contribution is 2.24. The van der Waals surface area contributed by atoms with Crippen LogP contribution in [-0.2, 0) is 22.4 Å². The maximum absolute atomic E-state index is 13.0. The van der Waals surface area contributed by atoms with E-state index in [4.69, 9.17) is 0 Å². The molecule has 0 aliphatic heterocycles. The summed E-state index contributed by atoms with van der Waals surface area (Å²) in [5.74, 6) is -0.955. The molecule has 0 aliphatic carbocycles. The number of hydrogen-bond acceptors (Lipinski definition) is 4. The Morgan fingerprint density at radius 1 is 1.00 bits per heavy atom. The van der Waals surface area contributed by atoms with Gasteiger partial charge in [-0.25, -0.2) is 9.37 Å². The number of carbonyl (C=O) groups excluding carboxylic acids is 2. The average molecular weight is 383 g/mol. The zero-order valence-electron chi connectivity index (χ0n) is 14.7. The van der Waals surface area contributed by atoms with Gasteiger partial charge in [0.2, 0.25) is 11.8 Å². The maximum atomic E-state index is 13.0. The third-order valence-electron chi connectivity index (χ3n) is 3.94. The van der Waals surface area contributed by atoms with Gasteiger partial charge < -0.3 is 0 Å². The first-order valence-electron chi connectivity index (χ1n) is 8.34. The first-order chi connectivity index (χ1) is 13.0. The molecule has 27 heavy (non-hydrogen) atoms. The van der Waals surface area contributed by atoms with E-state index in [9.17, 15) is 14.0 Å². The van der Waals surface area contributed by atoms with Crippen LogP contribution in [0.25, 0.3) is 10.6 Å². The zero-order valence-corrected chi connectivity index (χ0v) is 15.5. The Morgan fingerprint density at radius 2 is 1.67 bits per heavy atom. The Labute approximate surface area is 160 Å². The van der Waals surface area contributed by atoms with E-state index in [1.54, 1.807) is 17.5 Å². The lowest BCUT2D eigenvalue weighted by Gasteiger charge is -2.08. The van der Waals surface area contributed by atoms with Crippen LogP contribution in [0.2, 0.25) is 0 Å². The molecule has 2 N–H and O–H groups in total. The molecular weight excluding hydrogens is 365 g/mol. The molecule has 0 bridgehead atoms. The van der Waals surface area contributed by atoms with Crippen LogP contribution in [0.1, 0.15) is 16.8 Å². The fourth-order valence-electron chi connectivity index (χ4n) is 2.49. The van der Waals surface area contributed by atoms with Gasteiger partial charge in [-0.15, -0.1) is 11.3 Å². The fourth-order valence-corrected chi connectivity index (χ4v) is 3.31. The van der Waals surface area contributed by atoms with Gasteiger partial charge in [-0.2, -0.15) is 0 Å². The van der Waals surface area contributed by atoms with Crippen LogP contribution in [0.5, 0.6) is 0 Å². The number of hydrazine groups is 1. The van der Waals surface area contributed by atoms with Crippen molar-refractivity contribution in [1.29, 1.82) is 0 Å². The summed E-state index contributed by atoms with van der Waals surface area (Å²) in [5, 5.41) is 2.48. The number of benzene rings is 2. The summed E-state index contributed by atoms with van der Waals surface area (Å²) < 4.78 is 13.0. The largest absolute Gasteiger partial charge is 0.273 e. The molecule has 0 saturated heterocycles. The Bertz CT molecular complexity index is 954. The number of nitrogens with one attached hydrogen (secondary N) is 2. The van der Waals surface area contributed by atoms with Gasteiger partial charge in [0.15, 0.2) is 0 Å². The Kier molecular flexibility index (Phi) is 5.93. The smallest absolute Gasteiger partial charge is 0.244 e. The summed E-state index contributed by atoms with van der Waals surface area (Å²) in [6.07, 6.45) is 0.237. The quantitative estimate of drug-likeness (QED) is 0.665. The number of hydrogen-bond donors (Lipinski definition) is 2. The molecule has 1 aromatic heterocycles. The van der Waals surface area contributed by atoms with Crippen LogP contribution < -0.4 is 10.9 Å². The van der Waals surface area contributed by atoms with Gasteiger partial charge >= 0.3 is 0 Å². The molecule has 0 spiro atoms. The number of carbonyl (C=O) groups is 2. The minimum absolute atomic E-state index is 0.0440. The van der Waals surface area contributed by atoms with E-state index in [0.29, 0.717) is 10.7 Å². The predicted molar refractivity (Wildman–Crippen MR) is 102 cm³/mol. The standard InChI is InChI=1S/C20H18FN3O2S/c1-13-4-2-3-5-15(13)10-18(25)23-24-19(26)11-17-12-27-20(22-17)14-6-8-16(21)9-7-14/h2-9,12H,10-11H2,1H3,(H,23,25)(H,24,26). The minimum Gasteiger partial charge on any atom is -0.273 e. The van der Waals surface area contributed by atoms with Gasteiger partial charge in [-0.1, -0.05) is 24.3 Å². The van der Waals surface area contributed by atoms with Crippen LogP contribution in [0.3, 0.4) is 0 Å². The van der Waals surface area contributed by atoms with Crippen LogP contribution in [-0.4, -0.2) is 16.8 Å². The molecule has 138 valence electrons. The molecule has 1 heterocycles. The Morgan fingerprint density at radius 3 is 2.37 bits per heavy atom. The second-order valence-corrected chi connectivity index (χ2v) is 6.89. The van der Waals surface area contributed by atoms with Gasteiger partial charge in [0.05, 0.1) is 18.5 Å². The highest BCUT2D eigenvalue weighted by molar-refractivity contribution is 7.13. The second-order valence-electron chi connectivity index (χ2n) is 6.03. The Balaban J connectivity index is 1.50. The molecule has 0 unspecified atom stereocenters. The molecule has 5 nitrogen and oxygen atoms in total. The summed E-state index contributed by atoms with van der Waals surface area (Å²) in [6, 6.07) is 13.6. The number of halogens is 1. The van der Waals surface area contributed by atoms with Crippen molar-refractivity contribution in [3.8, 4) is 10.6 Å². The number of rotatable bonds is 5. The zero-order chi connectivity index (χ0) is 19.2. The third-order valence-corrected chi connectivity index (χ3v) is 4.88. The molecule has 0 fully saturated rings. The van der Waals surface area contributed by atoms with Crippen LogP contribution >= 0.6 is 11.3 Å². The maximum Gasteiger partial charge on any atom is 0.244 e. The first kappa shape index (κ1) is 18.7. The molecule has 2 aromatic carbocycles. The molecule has 2 amide bonds. The normalized spacial score (nSPS) is 10.4. The van der Waals surface area contributed by atoms with Crippen LogP contribution in [0, 0.1) is 12.7 Å². The lowest BCUT2D eigenvalue weighted by atomic mass is 10.1. The summed E-state index contributed by atoms with van der Waals surface area (Å²) in [4.78, 5) is 28.4. The highest BCUT2D eigenvalue weighted by Gasteiger charge is 2.11. The van der Waals surface area contributed by atoms with Gasteiger partial charge in [0.1, 0.15) is 10.8 Å². The van der Waals surface area contributed by atoms with Crippen molar-refractivity contribution in [2.75, 3.05) is 0 Å². The van der Waals surface area contributed by atoms with E-state index in [-0.39, 0.29) is 30.5 Å². The number of aryl methyl sites for hydroxylation is 1. The SMILES string of the molecule is Cc1ccccc1CC(=O)NNC(=O)Cc1csc(-c2ccc(F)cc2)n1. The summed E-state index contributed by atoms with van der Waals surface area (Å²) >= 11 is 1.38. The molecule has 0 saturated carbocycles. The van der Waals surface area contributed by atoms with Gasteiger partial charge in [-0.3, -0.25) is 20.4 Å². The van der Waals surface area contributed by atoms with Crippen molar-refractivity contribution < 1.29 is 14.0 Å². The first-order valence-corrected chi connectivity index (χ1v) is 9.22. The van der Waals surface area contributed by atoms with Crippen LogP contribution in [0.4, 0.5) is 4.39 Å².